The average Bonchev–Trinajstić information content (AvgIpc) is 2.52. The maximum atomic E-state index is 12.7. The molecule has 1 aliphatic rings. The molecule has 0 aromatic heterocycles. The minimum absolute atomic E-state index is 0.00946. The van der Waals surface area contributed by atoms with E-state index < -0.39 is 17.7 Å². The first-order valence-electron chi connectivity index (χ1n) is 7.43. The lowest BCUT2D eigenvalue weighted by molar-refractivity contribution is -0.138. The summed E-state index contributed by atoms with van der Waals surface area (Å²) in [5, 5.41) is 8.70. The molecular weight excluding hydrogens is 311 g/mol. The number of aliphatic carboxylic acids is 1. The lowest BCUT2D eigenvalue weighted by Gasteiger charge is -2.31. The Hall–Kier alpha value is -1.89. The monoisotopic (exact) mass is 329 g/mol. The van der Waals surface area contributed by atoms with E-state index >= 15 is 0 Å². The molecule has 0 bridgehead atoms. The highest BCUT2D eigenvalue weighted by molar-refractivity contribution is 5.98. The van der Waals surface area contributed by atoms with Gasteiger partial charge in [-0.05, 0) is 31.5 Å². The molecule has 0 aliphatic carbocycles. The van der Waals surface area contributed by atoms with Gasteiger partial charge in [-0.1, -0.05) is 12.1 Å². The van der Waals surface area contributed by atoms with Crippen LogP contribution in [0.4, 0.5) is 13.2 Å². The summed E-state index contributed by atoms with van der Waals surface area (Å²) in [6.07, 6.45) is -3.14. The minimum Gasteiger partial charge on any atom is -0.481 e. The van der Waals surface area contributed by atoms with E-state index in [9.17, 15) is 22.8 Å². The first-order chi connectivity index (χ1) is 10.8. The molecular formula is C16H18F3NO3. The Balaban J connectivity index is 2.06. The Bertz CT molecular complexity index is 586. The van der Waals surface area contributed by atoms with Crippen LogP contribution in [0.1, 0.15) is 35.2 Å². The third-order valence-corrected chi connectivity index (χ3v) is 3.99. The zero-order valence-electron chi connectivity index (χ0n) is 12.5. The standard InChI is InChI=1S/C16H18F3NO3/c17-16(18,19)13-5-1-3-11(9-13)15(23)12-4-2-7-20(10-12)8-6-14(21)22/h1,3,5,9,12H,2,4,6-8,10H2,(H,21,22)/t12-/m1/s1. The van der Waals surface area contributed by atoms with Crippen LogP contribution in [0.5, 0.6) is 0 Å². The molecule has 1 fully saturated rings. The highest BCUT2D eigenvalue weighted by Crippen LogP contribution is 2.30. The lowest BCUT2D eigenvalue weighted by atomic mass is 9.89. The van der Waals surface area contributed by atoms with Gasteiger partial charge in [0.25, 0.3) is 0 Å². The van der Waals surface area contributed by atoms with Crippen molar-refractivity contribution >= 4 is 11.8 Å². The normalized spacial score (nSPS) is 19.5. The molecule has 126 valence electrons. The maximum absolute atomic E-state index is 12.7. The summed E-state index contributed by atoms with van der Waals surface area (Å²) in [5.41, 5.74) is -0.771. The van der Waals surface area contributed by atoms with Crippen LogP contribution in [0.15, 0.2) is 24.3 Å². The number of carbonyl (C=O) groups is 2. The number of piperidine rings is 1. The summed E-state index contributed by atoms with van der Waals surface area (Å²) in [5.74, 6) is -1.60. The number of nitrogens with zero attached hydrogens (tertiary/aromatic N) is 1. The van der Waals surface area contributed by atoms with Crippen molar-refractivity contribution in [3.05, 3.63) is 35.4 Å². The van der Waals surface area contributed by atoms with Gasteiger partial charge in [0, 0.05) is 24.6 Å². The second kappa shape index (κ2) is 7.12. The van der Waals surface area contributed by atoms with Crippen LogP contribution in [0, 0.1) is 5.92 Å². The molecule has 23 heavy (non-hydrogen) atoms. The van der Waals surface area contributed by atoms with Crippen LogP contribution < -0.4 is 0 Å². The quantitative estimate of drug-likeness (QED) is 0.844. The maximum Gasteiger partial charge on any atom is 0.416 e. The zero-order chi connectivity index (χ0) is 17.0. The molecule has 0 radical (unpaired) electrons. The first kappa shape index (κ1) is 17.5. The van der Waals surface area contributed by atoms with E-state index in [4.69, 9.17) is 5.11 Å². The van der Waals surface area contributed by atoms with Crippen molar-refractivity contribution in [3.8, 4) is 0 Å². The van der Waals surface area contributed by atoms with Crippen molar-refractivity contribution in [2.75, 3.05) is 19.6 Å². The van der Waals surface area contributed by atoms with Crippen LogP contribution in [-0.2, 0) is 11.0 Å². The van der Waals surface area contributed by atoms with E-state index in [1.54, 1.807) is 0 Å². The molecule has 0 amide bonds. The molecule has 1 N–H and O–H groups in total. The smallest absolute Gasteiger partial charge is 0.416 e. The molecule has 1 aliphatic heterocycles. The minimum atomic E-state index is -4.48. The van der Waals surface area contributed by atoms with Crippen molar-refractivity contribution in [2.24, 2.45) is 5.92 Å². The number of Topliss-reactive ketones (excluding diaryl/α,β-unsaturated/α-hetero) is 1. The lowest BCUT2D eigenvalue weighted by Crippen LogP contribution is -2.39. The van der Waals surface area contributed by atoms with Crippen molar-refractivity contribution in [1.82, 2.24) is 4.90 Å². The number of hydrogen-bond donors (Lipinski definition) is 1. The number of alkyl halides is 3. The number of likely N-dealkylation sites (tertiary alicyclic amines) is 1. The number of hydrogen-bond acceptors (Lipinski definition) is 3. The molecule has 1 atom stereocenters. The molecule has 1 saturated heterocycles. The number of carbonyl (C=O) groups excluding carboxylic acids is 1. The third-order valence-electron chi connectivity index (χ3n) is 3.99. The van der Waals surface area contributed by atoms with Crippen LogP contribution >= 0.6 is 0 Å². The van der Waals surface area contributed by atoms with Gasteiger partial charge in [-0.15, -0.1) is 0 Å². The fourth-order valence-electron chi connectivity index (χ4n) is 2.81. The molecule has 1 heterocycles. The summed E-state index contributed by atoms with van der Waals surface area (Å²) in [6.45, 7) is 1.45. The summed E-state index contributed by atoms with van der Waals surface area (Å²) in [6, 6.07) is 4.46. The van der Waals surface area contributed by atoms with Gasteiger partial charge in [-0.3, -0.25) is 9.59 Å². The Labute approximate surface area is 131 Å². The average molecular weight is 329 g/mol. The number of carboxylic acid groups (broad SMARTS) is 1. The van der Waals surface area contributed by atoms with Gasteiger partial charge < -0.3 is 10.0 Å². The van der Waals surface area contributed by atoms with Gasteiger partial charge >= 0.3 is 12.1 Å². The predicted molar refractivity (Wildman–Crippen MR) is 77.2 cm³/mol. The van der Waals surface area contributed by atoms with Gasteiger partial charge in [-0.25, -0.2) is 0 Å². The molecule has 1 aromatic carbocycles. The number of carboxylic acids is 1. The van der Waals surface area contributed by atoms with Crippen LogP contribution in [0.3, 0.4) is 0 Å². The molecule has 7 heteroatoms. The third kappa shape index (κ3) is 4.79. The van der Waals surface area contributed by atoms with Gasteiger partial charge in [0.1, 0.15) is 0 Å². The SMILES string of the molecule is O=C(O)CCN1CCC[C@@H](C(=O)c2cccc(C(F)(F)F)c2)C1. The molecule has 0 unspecified atom stereocenters. The van der Waals surface area contributed by atoms with E-state index in [0.717, 1.165) is 18.6 Å². The molecule has 4 nitrogen and oxygen atoms in total. The summed E-state index contributed by atoms with van der Waals surface area (Å²) < 4.78 is 38.2. The number of halogens is 3. The molecule has 1 aromatic rings. The largest absolute Gasteiger partial charge is 0.481 e. The zero-order valence-corrected chi connectivity index (χ0v) is 12.5. The van der Waals surface area contributed by atoms with Crippen molar-refractivity contribution in [2.45, 2.75) is 25.4 Å². The number of ketones is 1. The molecule has 0 spiro atoms. The topological polar surface area (TPSA) is 57.6 Å². The number of benzene rings is 1. The van der Waals surface area contributed by atoms with E-state index in [2.05, 4.69) is 0 Å². The highest BCUT2D eigenvalue weighted by atomic mass is 19.4. The van der Waals surface area contributed by atoms with Gasteiger partial charge in [0.15, 0.2) is 5.78 Å². The molecule has 0 saturated carbocycles. The van der Waals surface area contributed by atoms with Crippen molar-refractivity contribution < 1.29 is 27.9 Å². The predicted octanol–water partition coefficient (Wildman–Crippen LogP) is 3.07. The van der Waals surface area contributed by atoms with E-state index in [1.807, 2.05) is 4.90 Å². The van der Waals surface area contributed by atoms with E-state index in [0.29, 0.717) is 26.1 Å². The second-order valence-corrected chi connectivity index (χ2v) is 5.73. The van der Waals surface area contributed by atoms with Crippen LogP contribution in [0.2, 0.25) is 0 Å². The molecule has 2 rings (SSSR count). The Morgan fingerprint density at radius 1 is 1.30 bits per heavy atom. The van der Waals surface area contributed by atoms with Crippen molar-refractivity contribution in [3.63, 3.8) is 0 Å². The first-order valence-corrected chi connectivity index (χ1v) is 7.43. The number of rotatable bonds is 5. The van der Waals surface area contributed by atoms with Gasteiger partial charge in [0.05, 0.1) is 12.0 Å². The summed E-state index contributed by atoms with van der Waals surface area (Å²) >= 11 is 0. The fraction of sp³-hybridized carbons (Fsp3) is 0.500. The van der Waals surface area contributed by atoms with Crippen LogP contribution in [0.25, 0.3) is 0 Å². The van der Waals surface area contributed by atoms with Crippen LogP contribution in [-0.4, -0.2) is 41.4 Å². The van der Waals surface area contributed by atoms with Gasteiger partial charge in [0.2, 0.25) is 0 Å². The fourth-order valence-corrected chi connectivity index (χ4v) is 2.81. The summed E-state index contributed by atoms with van der Waals surface area (Å²) in [4.78, 5) is 24.9. The van der Waals surface area contributed by atoms with E-state index in [1.165, 1.54) is 12.1 Å². The van der Waals surface area contributed by atoms with Gasteiger partial charge in [-0.2, -0.15) is 13.2 Å². The summed E-state index contributed by atoms with van der Waals surface area (Å²) in [7, 11) is 0. The second-order valence-electron chi connectivity index (χ2n) is 5.73. The Morgan fingerprint density at radius 3 is 2.70 bits per heavy atom. The Kier molecular flexibility index (Phi) is 5.41. The Morgan fingerprint density at radius 2 is 2.04 bits per heavy atom. The van der Waals surface area contributed by atoms with E-state index in [-0.39, 0.29) is 23.7 Å². The highest BCUT2D eigenvalue weighted by Gasteiger charge is 2.32. The van der Waals surface area contributed by atoms with Crippen molar-refractivity contribution in [1.29, 1.82) is 0 Å².